The van der Waals surface area contributed by atoms with Crippen molar-refractivity contribution in [2.24, 2.45) is 0 Å². The second-order valence-corrected chi connectivity index (χ2v) is 4.79. The first-order valence-electron chi connectivity index (χ1n) is 6.55. The average Bonchev–Trinajstić information content (AvgIpc) is 3.01. The number of carbonyl (C=O) groups excluding carboxylic acids is 1. The molecule has 1 aliphatic heterocycles. The van der Waals surface area contributed by atoms with Crippen LogP contribution < -0.4 is 5.32 Å². The molecular weight excluding hydrogens is 259 g/mol. The van der Waals surface area contributed by atoms with Crippen molar-refractivity contribution in [3.05, 3.63) is 59.8 Å². The van der Waals surface area contributed by atoms with Crippen LogP contribution in [0.2, 0.25) is 0 Å². The molecule has 5 heteroatoms. The van der Waals surface area contributed by atoms with E-state index in [2.05, 4.69) is 5.32 Å². The SMILES string of the molecule is O=C(c1ccoc1)N1CCNCC1c1cccc(F)c1. The smallest absolute Gasteiger partial charge is 0.257 e. The molecule has 0 radical (unpaired) electrons. The first kappa shape index (κ1) is 12.9. The quantitative estimate of drug-likeness (QED) is 0.913. The van der Waals surface area contributed by atoms with Crippen LogP contribution in [0.5, 0.6) is 0 Å². The highest BCUT2D eigenvalue weighted by molar-refractivity contribution is 5.94. The molecule has 1 aromatic carbocycles. The van der Waals surface area contributed by atoms with E-state index in [0.29, 0.717) is 18.7 Å². The predicted octanol–water partition coefficient (Wildman–Crippen LogP) is 2.21. The molecule has 2 heterocycles. The number of amides is 1. The van der Waals surface area contributed by atoms with Gasteiger partial charge in [-0.2, -0.15) is 0 Å². The van der Waals surface area contributed by atoms with Crippen molar-refractivity contribution in [2.45, 2.75) is 6.04 Å². The first-order chi connectivity index (χ1) is 9.75. The van der Waals surface area contributed by atoms with Gasteiger partial charge in [0.25, 0.3) is 5.91 Å². The van der Waals surface area contributed by atoms with E-state index < -0.39 is 0 Å². The van der Waals surface area contributed by atoms with Crippen molar-refractivity contribution in [3.63, 3.8) is 0 Å². The van der Waals surface area contributed by atoms with Gasteiger partial charge in [-0.15, -0.1) is 0 Å². The van der Waals surface area contributed by atoms with Gasteiger partial charge in [-0.1, -0.05) is 12.1 Å². The van der Waals surface area contributed by atoms with Crippen LogP contribution in [0.3, 0.4) is 0 Å². The van der Waals surface area contributed by atoms with Crippen molar-refractivity contribution in [3.8, 4) is 0 Å². The highest BCUT2D eigenvalue weighted by atomic mass is 19.1. The maximum atomic E-state index is 13.4. The topological polar surface area (TPSA) is 45.5 Å². The summed E-state index contributed by atoms with van der Waals surface area (Å²) in [5.74, 6) is -0.377. The van der Waals surface area contributed by atoms with E-state index in [1.807, 2.05) is 6.07 Å². The third kappa shape index (κ3) is 2.44. The van der Waals surface area contributed by atoms with Crippen molar-refractivity contribution in [1.29, 1.82) is 0 Å². The molecular formula is C15H15FN2O2. The lowest BCUT2D eigenvalue weighted by Gasteiger charge is -2.36. The summed E-state index contributed by atoms with van der Waals surface area (Å²) in [6.45, 7) is 1.94. The highest BCUT2D eigenvalue weighted by Crippen LogP contribution is 2.24. The summed E-state index contributed by atoms with van der Waals surface area (Å²) in [5.41, 5.74) is 1.32. The average molecular weight is 274 g/mol. The fourth-order valence-corrected chi connectivity index (χ4v) is 2.51. The number of rotatable bonds is 2. The van der Waals surface area contributed by atoms with Crippen LogP contribution in [0.1, 0.15) is 22.0 Å². The molecule has 0 spiro atoms. The number of benzene rings is 1. The van der Waals surface area contributed by atoms with E-state index in [4.69, 9.17) is 4.42 Å². The molecule has 0 aliphatic carbocycles. The lowest BCUT2D eigenvalue weighted by molar-refractivity contribution is 0.0633. The molecule has 4 nitrogen and oxygen atoms in total. The van der Waals surface area contributed by atoms with Gasteiger partial charge in [0.2, 0.25) is 0 Å². The number of piperazine rings is 1. The van der Waals surface area contributed by atoms with Crippen LogP contribution in [0.25, 0.3) is 0 Å². The summed E-state index contributed by atoms with van der Waals surface area (Å²) >= 11 is 0. The number of nitrogens with one attached hydrogen (secondary N) is 1. The lowest BCUT2D eigenvalue weighted by atomic mass is 10.0. The summed E-state index contributed by atoms with van der Waals surface area (Å²) < 4.78 is 18.3. The van der Waals surface area contributed by atoms with Gasteiger partial charge in [-0.25, -0.2) is 4.39 Å². The molecule has 1 aromatic heterocycles. The Morgan fingerprint density at radius 2 is 2.30 bits per heavy atom. The van der Waals surface area contributed by atoms with Gasteiger partial charge >= 0.3 is 0 Å². The minimum Gasteiger partial charge on any atom is -0.472 e. The molecule has 3 rings (SSSR count). The van der Waals surface area contributed by atoms with E-state index in [9.17, 15) is 9.18 Å². The maximum Gasteiger partial charge on any atom is 0.257 e. The molecule has 1 atom stereocenters. The molecule has 104 valence electrons. The van der Waals surface area contributed by atoms with Crippen molar-refractivity contribution < 1.29 is 13.6 Å². The van der Waals surface area contributed by atoms with Crippen LogP contribution in [-0.2, 0) is 0 Å². The van der Waals surface area contributed by atoms with Crippen molar-refractivity contribution >= 4 is 5.91 Å². The van der Waals surface area contributed by atoms with E-state index >= 15 is 0 Å². The second-order valence-electron chi connectivity index (χ2n) is 4.79. The third-order valence-electron chi connectivity index (χ3n) is 3.51. The molecule has 1 fully saturated rings. The standard InChI is InChI=1S/C15H15FN2O2/c16-13-3-1-2-11(8-13)14-9-17-5-6-18(14)15(19)12-4-7-20-10-12/h1-4,7-8,10,14,17H,5-6,9H2. The molecule has 1 unspecified atom stereocenters. The molecule has 2 aromatic rings. The Morgan fingerprint density at radius 3 is 3.05 bits per heavy atom. The zero-order valence-corrected chi connectivity index (χ0v) is 10.9. The fourth-order valence-electron chi connectivity index (χ4n) is 2.51. The summed E-state index contributed by atoms with van der Waals surface area (Å²) in [6.07, 6.45) is 2.92. The van der Waals surface area contributed by atoms with Crippen molar-refractivity contribution in [1.82, 2.24) is 10.2 Å². The Morgan fingerprint density at radius 1 is 1.40 bits per heavy atom. The van der Waals surface area contributed by atoms with E-state index in [1.165, 1.54) is 24.7 Å². The molecule has 0 saturated carbocycles. The van der Waals surface area contributed by atoms with Gasteiger partial charge in [0.15, 0.2) is 0 Å². The number of halogens is 1. The number of carbonyl (C=O) groups is 1. The Bertz CT molecular complexity index is 598. The summed E-state index contributed by atoms with van der Waals surface area (Å²) in [5, 5.41) is 3.24. The van der Waals surface area contributed by atoms with Gasteiger partial charge in [0.05, 0.1) is 17.9 Å². The van der Waals surface area contributed by atoms with Crippen LogP contribution in [0.4, 0.5) is 4.39 Å². The van der Waals surface area contributed by atoms with Crippen molar-refractivity contribution in [2.75, 3.05) is 19.6 Å². The van der Waals surface area contributed by atoms with Gasteiger partial charge in [-0.3, -0.25) is 4.79 Å². The van der Waals surface area contributed by atoms with Gasteiger partial charge in [-0.05, 0) is 23.8 Å². The molecule has 20 heavy (non-hydrogen) atoms. The molecule has 0 bridgehead atoms. The first-order valence-corrected chi connectivity index (χ1v) is 6.55. The third-order valence-corrected chi connectivity index (χ3v) is 3.51. The van der Waals surface area contributed by atoms with E-state index in [0.717, 1.165) is 12.1 Å². The molecule has 1 amide bonds. The monoisotopic (exact) mass is 274 g/mol. The van der Waals surface area contributed by atoms with Crippen LogP contribution in [0.15, 0.2) is 47.3 Å². The number of furan rings is 1. The zero-order chi connectivity index (χ0) is 13.9. The normalized spacial score (nSPS) is 19.1. The second kappa shape index (κ2) is 5.46. The maximum absolute atomic E-state index is 13.4. The van der Waals surface area contributed by atoms with Crippen LogP contribution in [-0.4, -0.2) is 30.4 Å². The summed E-state index contributed by atoms with van der Waals surface area (Å²) in [6, 6.07) is 7.88. The number of hydrogen-bond donors (Lipinski definition) is 1. The Hall–Kier alpha value is -2.14. The van der Waals surface area contributed by atoms with Gasteiger partial charge in [0, 0.05) is 19.6 Å². The highest BCUT2D eigenvalue weighted by Gasteiger charge is 2.29. The Labute approximate surface area is 116 Å². The van der Waals surface area contributed by atoms with Crippen LogP contribution in [0, 0.1) is 5.82 Å². The van der Waals surface area contributed by atoms with E-state index in [-0.39, 0.29) is 17.8 Å². The number of nitrogens with zero attached hydrogens (tertiary/aromatic N) is 1. The van der Waals surface area contributed by atoms with E-state index in [1.54, 1.807) is 17.0 Å². The molecule has 1 saturated heterocycles. The minimum absolute atomic E-state index is 0.0884. The number of hydrogen-bond acceptors (Lipinski definition) is 3. The lowest BCUT2D eigenvalue weighted by Crippen LogP contribution is -2.48. The van der Waals surface area contributed by atoms with Gasteiger partial charge in [0.1, 0.15) is 12.1 Å². The summed E-state index contributed by atoms with van der Waals surface area (Å²) in [4.78, 5) is 14.2. The largest absolute Gasteiger partial charge is 0.472 e. The predicted molar refractivity (Wildman–Crippen MR) is 71.8 cm³/mol. The molecule has 1 N–H and O–H groups in total. The minimum atomic E-state index is -0.288. The Balaban J connectivity index is 1.89. The van der Waals surface area contributed by atoms with Gasteiger partial charge < -0.3 is 14.6 Å². The Kier molecular flexibility index (Phi) is 3.52. The molecule has 1 aliphatic rings. The summed E-state index contributed by atoms with van der Waals surface area (Å²) in [7, 11) is 0. The van der Waals surface area contributed by atoms with Crippen LogP contribution >= 0.6 is 0 Å². The fraction of sp³-hybridized carbons (Fsp3) is 0.267. The zero-order valence-electron chi connectivity index (χ0n) is 10.9.